The van der Waals surface area contributed by atoms with Crippen molar-refractivity contribution < 1.29 is 18.9 Å². The summed E-state index contributed by atoms with van der Waals surface area (Å²) in [5.74, 6) is 1.70. The second-order valence-corrected chi connectivity index (χ2v) is 13.6. The molecule has 0 N–H and O–H groups in total. The molecule has 6 heteroatoms. The van der Waals surface area contributed by atoms with Gasteiger partial charge in [-0.15, -0.1) is 0 Å². The van der Waals surface area contributed by atoms with Gasteiger partial charge in [0.1, 0.15) is 11.5 Å². The third kappa shape index (κ3) is 4.94. The van der Waals surface area contributed by atoms with Crippen molar-refractivity contribution in [1.82, 2.24) is 9.13 Å². The van der Waals surface area contributed by atoms with E-state index in [1.54, 1.807) is 0 Å². The van der Waals surface area contributed by atoms with E-state index in [2.05, 4.69) is 131 Å². The van der Waals surface area contributed by atoms with Crippen molar-refractivity contribution in [2.45, 2.75) is 39.8 Å². The van der Waals surface area contributed by atoms with Crippen LogP contribution >= 0.6 is 0 Å². The van der Waals surface area contributed by atoms with Crippen molar-refractivity contribution >= 4 is 43.6 Å². The molecule has 21 rings (SSSR count). The van der Waals surface area contributed by atoms with E-state index in [-0.39, 0.29) is 0 Å². The fraction of sp³-hybridized carbons (Fsp3) is 0.182. The van der Waals surface area contributed by atoms with Crippen molar-refractivity contribution in [3.8, 4) is 22.9 Å². The van der Waals surface area contributed by atoms with Crippen LogP contribution in [-0.2, 0) is 35.9 Å². The van der Waals surface area contributed by atoms with Gasteiger partial charge >= 0.3 is 0 Å². The Bertz CT molecular complexity index is 2580. The van der Waals surface area contributed by atoms with Gasteiger partial charge in [0.15, 0.2) is 0 Å². The SMILES string of the molecule is Cc1cc2cc3c4cc5ccc4n(c13)-c1ccc(cc1)OCCCOc1ccc(cc1)-n1c3ccc(cc3c3cc(ccc31)COC2)COC5. The topological polar surface area (TPSA) is 46.8 Å². The van der Waals surface area contributed by atoms with Crippen molar-refractivity contribution in [2.24, 2.45) is 0 Å². The summed E-state index contributed by atoms with van der Waals surface area (Å²) in [4.78, 5) is 0. The number of ether oxygens (including phenoxy) is 4. The molecule has 0 saturated heterocycles. The summed E-state index contributed by atoms with van der Waals surface area (Å²) in [7, 11) is 0. The van der Waals surface area contributed by atoms with Crippen LogP contribution in [0.1, 0.15) is 34.2 Å². The van der Waals surface area contributed by atoms with Crippen LogP contribution in [0.4, 0.5) is 0 Å². The fourth-order valence-electron chi connectivity index (χ4n) is 7.88. The Morgan fingerprint density at radius 2 is 0.880 bits per heavy atom. The normalized spacial score (nSPS) is 14.9. The van der Waals surface area contributed by atoms with Crippen LogP contribution in [0.3, 0.4) is 0 Å². The zero-order chi connectivity index (χ0) is 33.2. The molecule has 8 aromatic rings. The number of hydrogen-bond acceptors (Lipinski definition) is 4. The zero-order valence-electron chi connectivity index (χ0n) is 27.9. The summed E-state index contributed by atoms with van der Waals surface area (Å²) < 4.78 is 29.8. The highest BCUT2D eigenvalue weighted by Crippen LogP contribution is 2.38. The monoisotopic (exact) mass is 656 g/mol. The highest BCUT2D eigenvalue weighted by molar-refractivity contribution is 6.11. The van der Waals surface area contributed by atoms with Gasteiger partial charge in [-0.1, -0.05) is 24.3 Å². The Morgan fingerprint density at radius 1 is 0.440 bits per heavy atom. The van der Waals surface area contributed by atoms with E-state index >= 15 is 0 Å². The molecule has 246 valence electrons. The first-order valence-electron chi connectivity index (χ1n) is 17.4. The Labute approximate surface area is 290 Å². The molecule has 13 aliphatic rings. The minimum atomic E-state index is 0.523. The molecule has 0 aliphatic carbocycles. The average Bonchev–Trinajstić information content (AvgIpc) is 3.64. The van der Waals surface area contributed by atoms with E-state index in [0.717, 1.165) is 68.1 Å². The molecule has 0 amide bonds. The van der Waals surface area contributed by atoms with E-state index in [4.69, 9.17) is 18.9 Å². The van der Waals surface area contributed by atoms with Crippen molar-refractivity contribution in [1.29, 1.82) is 0 Å². The highest BCUT2D eigenvalue weighted by Gasteiger charge is 2.18. The van der Waals surface area contributed by atoms with E-state index in [9.17, 15) is 0 Å². The van der Waals surface area contributed by atoms with Gasteiger partial charge in [-0.2, -0.15) is 0 Å². The van der Waals surface area contributed by atoms with Crippen LogP contribution in [0, 0.1) is 6.92 Å². The van der Waals surface area contributed by atoms with Gasteiger partial charge < -0.3 is 28.1 Å². The highest BCUT2D eigenvalue weighted by atomic mass is 16.5. The van der Waals surface area contributed by atoms with E-state index in [1.165, 1.54) is 32.6 Å². The second kappa shape index (κ2) is 11.8. The maximum atomic E-state index is 6.45. The van der Waals surface area contributed by atoms with Gasteiger partial charge in [0.25, 0.3) is 0 Å². The molecular weight excluding hydrogens is 620 g/mol. The van der Waals surface area contributed by atoms with E-state index in [1.807, 2.05) is 0 Å². The Balaban J connectivity index is 1.17. The maximum Gasteiger partial charge on any atom is 0.119 e. The smallest absolute Gasteiger partial charge is 0.119 e. The number of aryl methyl sites for hydroxylation is 1. The number of rotatable bonds is 0. The van der Waals surface area contributed by atoms with Crippen LogP contribution in [0.5, 0.6) is 11.5 Å². The van der Waals surface area contributed by atoms with Gasteiger partial charge in [0, 0.05) is 39.3 Å². The summed E-state index contributed by atoms with van der Waals surface area (Å²) in [6.07, 6.45) is 0.783. The van der Waals surface area contributed by atoms with Crippen LogP contribution in [-0.4, -0.2) is 22.3 Å². The van der Waals surface area contributed by atoms with Crippen LogP contribution in [0.2, 0.25) is 0 Å². The van der Waals surface area contributed by atoms with Crippen molar-refractivity contribution in [2.75, 3.05) is 13.2 Å². The summed E-state index contributed by atoms with van der Waals surface area (Å²) in [6, 6.07) is 41.5. The van der Waals surface area contributed by atoms with Gasteiger partial charge in [-0.3, -0.25) is 0 Å². The first-order valence-corrected chi connectivity index (χ1v) is 17.4. The molecule has 0 spiro atoms. The van der Waals surface area contributed by atoms with Crippen LogP contribution in [0.15, 0.2) is 115 Å². The Morgan fingerprint density at radius 3 is 1.42 bits per heavy atom. The van der Waals surface area contributed by atoms with Gasteiger partial charge in [-0.25, -0.2) is 0 Å². The molecule has 50 heavy (non-hydrogen) atoms. The van der Waals surface area contributed by atoms with Crippen LogP contribution < -0.4 is 9.47 Å². The molecular formula is C44H36N2O4. The summed E-state index contributed by atoms with van der Waals surface area (Å²) in [5.41, 5.74) is 12.7. The molecule has 0 radical (unpaired) electrons. The predicted octanol–water partition coefficient (Wildman–Crippen LogP) is 10.1. The molecule has 13 aliphatic heterocycles. The van der Waals surface area contributed by atoms with Gasteiger partial charge in [0.2, 0.25) is 0 Å². The van der Waals surface area contributed by atoms with Crippen molar-refractivity contribution in [3.63, 3.8) is 0 Å². The molecule has 0 saturated carbocycles. The molecule has 0 fully saturated rings. The summed E-state index contributed by atoms with van der Waals surface area (Å²) in [5, 5.41) is 4.83. The third-order valence-corrected chi connectivity index (χ3v) is 10.2. The van der Waals surface area contributed by atoms with E-state index in [0.29, 0.717) is 39.6 Å². The van der Waals surface area contributed by atoms with Crippen molar-refractivity contribution in [3.05, 3.63) is 143 Å². The quantitative estimate of drug-likeness (QED) is 0.163. The average molecular weight is 657 g/mol. The van der Waals surface area contributed by atoms with Gasteiger partial charge in [0.05, 0.1) is 61.7 Å². The maximum absolute atomic E-state index is 6.45. The summed E-state index contributed by atoms with van der Waals surface area (Å²) >= 11 is 0. The minimum absolute atomic E-state index is 0.523. The lowest BCUT2D eigenvalue weighted by atomic mass is 10.0. The molecule has 0 unspecified atom stereocenters. The Kier molecular flexibility index (Phi) is 6.93. The first kappa shape index (κ1) is 29.4. The van der Waals surface area contributed by atoms with E-state index < -0.39 is 0 Å². The lowest BCUT2D eigenvalue weighted by Crippen LogP contribution is -2.05. The lowest BCUT2D eigenvalue weighted by molar-refractivity contribution is 0.107. The number of benzene rings is 6. The molecule has 0 atom stereocenters. The predicted molar refractivity (Wildman–Crippen MR) is 199 cm³/mol. The standard InChI is InChI=1S/C44H36N2O4/c1-28-19-32-23-40-39-22-31-5-16-43(39)46(44(28)40)34-8-12-36(13-9-34)50-18-2-17-49-35-10-6-33(7-11-35)45-41-14-3-29(24-47-25-31)20-37(41)38-21-30(26-48-27-32)4-15-42(38)45/h3-16,19-23H,2,17-18,24-27H2,1H3. The molecule has 6 aromatic carbocycles. The first-order chi connectivity index (χ1) is 24.7. The largest absolute Gasteiger partial charge is 0.493 e. The van der Waals surface area contributed by atoms with Gasteiger partial charge in [-0.05, 0) is 126 Å². The second-order valence-electron chi connectivity index (χ2n) is 13.6. The third-order valence-electron chi connectivity index (χ3n) is 10.2. The minimum Gasteiger partial charge on any atom is -0.493 e. The fourth-order valence-corrected chi connectivity index (χ4v) is 7.88. The lowest BCUT2D eigenvalue weighted by Gasteiger charge is -2.13. The molecule has 15 heterocycles. The number of aromatic nitrogens is 2. The number of hydrogen-bond donors (Lipinski definition) is 0. The molecule has 6 nitrogen and oxygen atoms in total. The van der Waals surface area contributed by atoms with Crippen LogP contribution in [0.25, 0.3) is 55.0 Å². The number of nitrogens with zero attached hydrogens (tertiary/aromatic N) is 2. The zero-order valence-corrected chi connectivity index (χ0v) is 27.9. The molecule has 2 aromatic heterocycles. The molecule has 18 bridgehead atoms. The Hall–Kier alpha value is -5.56. The summed E-state index contributed by atoms with van der Waals surface area (Å²) in [6.45, 7) is 5.45.